The number of hydrogen-bond acceptors (Lipinski definition) is 4. The maximum absolute atomic E-state index is 6.40. The molecule has 0 aliphatic heterocycles. The highest BCUT2D eigenvalue weighted by Crippen LogP contribution is 2.50. The van der Waals surface area contributed by atoms with Crippen molar-refractivity contribution in [3.05, 3.63) is 193 Å². The van der Waals surface area contributed by atoms with Gasteiger partial charge >= 0.3 is 0 Å². The third kappa shape index (κ3) is 4.98. The van der Waals surface area contributed by atoms with Crippen molar-refractivity contribution in [2.24, 2.45) is 0 Å². The number of furan rings is 1. The van der Waals surface area contributed by atoms with E-state index in [0.29, 0.717) is 17.6 Å². The molecule has 0 N–H and O–H groups in total. The van der Waals surface area contributed by atoms with Gasteiger partial charge in [0.15, 0.2) is 11.6 Å². The molecular weight excluding hydrogens is 745 g/mol. The van der Waals surface area contributed by atoms with Crippen LogP contribution in [-0.2, 0) is 5.41 Å². The Hall–Kier alpha value is -7.89. The van der Waals surface area contributed by atoms with Crippen molar-refractivity contribution in [3.63, 3.8) is 0 Å². The molecule has 3 aromatic heterocycles. The van der Waals surface area contributed by atoms with Crippen LogP contribution < -0.4 is 0 Å². The van der Waals surface area contributed by atoms with E-state index in [-0.39, 0.29) is 5.41 Å². The van der Waals surface area contributed by atoms with E-state index in [1.165, 1.54) is 22.3 Å². The second-order valence-electron chi connectivity index (χ2n) is 16.8. The Kier molecular flexibility index (Phi) is 7.00. The average molecular weight is 781 g/mol. The van der Waals surface area contributed by atoms with Gasteiger partial charge < -0.3 is 4.42 Å². The second kappa shape index (κ2) is 12.6. The molecule has 0 saturated carbocycles. The van der Waals surface area contributed by atoms with E-state index in [4.69, 9.17) is 19.4 Å². The molecule has 5 heteroatoms. The molecule has 0 radical (unpaired) electrons. The van der Waals surface area contributed by atoms with Gasteiger partial charge in [0.25, 0.3) is 0 Å². The summed E-state index contributed by atoms with van der Waals surface area (Å²) in [5.41, 5.74) is 13.0. The maximum Gasteiger partial charge on any atom is 0.238 e. The van der Waals surface area contributed by atoms with Crippen LogP contribution in [0.15, 0.2) is 186 Å². The minimum Gasteiger partial charge on any atom is -0.456 e. The van der Waals surface area contributed by atoms with Gasteiger partial charge in [-0.3, -0.25) is 4.57 Å². The van der Waals surface area contributed by atoms with Crippen molar-refractivity contribution in [1.29, 1.82) is 0 Å². The molecule has 0 spiro atoms. The van der Waals surface area contributed by atoms with Gasteiger partial charge in [0.1, 0.15) is 11.2 Å². The zero-order chi connectivity index (χ0) is 40.4. The van der Waals surface area contributed by atoms with Crippen LogP contribution in [0.25, 0.3) is 116 Å². The van der Waals surface area contributed by atoms with Crippen LogP contribution in [0.4, 0.5) is 0 Å². The summed E-state index contributed by atoms with van der Waals surface area (Å²) in [5.74, 6) is 1.72. The molecule has 1 aliphatic rings. The fraction of sp³-hybridized carbons (Fsp3) is 0.0536. The molecule has 0 bridgehead atoms. The largest absolute Gasteiger partial charge is 0.456 e. The van der Waals surface area contributed by atoms with Gasteiger partial charge in [0, 0.05) is 49.0 Å². The summed E-state index contributed by atoms with van der Waals surface area (Å²) < 4.78 is 8.70. The standard InChI is InChI=1S/C56H36N4O/c1-56(2)47-20-9-7-16-41(47)42-27-25-36(31-48(42)56)40-18-11-19-45-46-29-24-34-13-5-6-15-39(34)51(46)60(52(40)45)55-58-53(37-23-22-33-12-3-4-14-35(33)30-37)57-54(59-55)38-26-28-44-43-17-8-10-21-49(43)61-50(44)32-38/h3-32H,1-2H3. The van der Waals surface area contributed by atoms with Crippen molar-refractivity contribution in [2.45, 2.75) is 19.3 Å². The molecule has 0 saturated heterocycles. The summed E-state index contributed by atoms with van der Waals surface area (Å²) in [6, 6.07) is 64.9. The summed E-state index contributed by atoms with van der Waals surface area (Å²) in [4.78, 5) is 16.1. The molecule has 3 heterocycles. The van der Waals surface area contributed by atoms with E-state index in [1.807, 2.05) is 18.2 Å². The minimum absolute atomic E-state index is 0.141. The Morgan fingerprint density at radius 1 is 0.393 bits per heavy atom. The Morgan fingerprint density at radius 2 is 1.00 bits per heavy atom. The first-order chi connectivity index (χ1) is 30.0. The maximum atomic E-state index is 6.40. The lowest BCUT2D eigenvalue weighted by Crippen LogP contribution is -2.14. The van der Waals surface area contributed by atoms with Crippen LogP contribution >= 0.6 is 0 Å². The van der Waals surface area contributed by atoms with Crippen LogP contribution in [0.1, 0.15) is 25.0 Å². The number of hydrogen-bond donors (Lipinski definition) is 0. The summed E-state index contributed by atoms with van der Waals surface area (Å²) in [5, 5.41) is 8.99. The Labute approximate surface area is 351 Å². The van der Waals surface area contributed by atoms with Crippen LogP contribution in [0, 0.1) is 0 Å². The predicted molar refractivity (Wildman–Crippen MR) is 250 cm³/mol. The first-order valence-electron chi connectivity index (χ1n) is 20.8. The minimum atomic E-state index is -0.141. The van der Waals surface area contributed by atoms with Crippen LogP contribution in [0.2, 0.25) is 0 Å². The van der Waals surface area contributed by atoms with E-state index in [9.17, 15) is 0 Å². The molecule has 12 aromatic rings. The third-order valence-electron chi connectivity index (χ3n) is 13.0. The zero-order valence-electron chi connectivity index (χ0n) is 33.5. The smallest absolute Gasteiger partial charge is 0.238 e. The zero-order valence-corrected chi connectivity index (χ0v) is 33.5. The fourth-order valence-electron chi connectivity index (χ4n) is 10.0. The average Bonchev–Trinajstić information content (AvgIpc) is 3.94. The van der Waals surface area contributed by atoms with Crippen molar-refractivity contribution >= 4 is 65.3 Å². The van der Waals surface area contributed by atoms with E-state index >= 15 is 0 Å². The molecule has 9 aromatic carbocycles. The van der Waals surface area contributed by atoms with Gasteiger partial charge in [-0.1, -0.05) is 166 Å². The highest BCUT2D eigenvalue weighted by Gasteiger charge is 2.35. The van der Waals surface area contributed by atoms with Gasteiger partial charge in [0.2, 0.25) is 5.95 Å². The lowest BCUT2D eigenvalue weighted by atomic mass is 9.81. The number of fused-ring (bicyclic) bond motifs is 12. The van der Waals surface area contributed by atoms with Gasteiger partial charge in [-0.05, 0) is 74.3 Å². The number of nitrogens with zero attached hydrogens (tertiary/aromatic N) is 4. The highest BCUT2D eigenvalue weighted by molar-refractivity contribution is 6.21. The van der Waals surface area contributed by atoms with Crippen molar-refractivity contribution in [1.82, 2.24) is 19.5 Å². The van der Waals surface area contributed by atoms with Crippen molar-refractivity contribution < 1.29 is 4.42 Å². The van der Waals surface area contributed by atoms with Crippen LogP contribution in [0.3, 0.4) is 0 Å². The van der Waals surface area contributed by atoms with Crippen molar-refractivity contribution in [2.75, 3.05) is 0 Å². The number of rotatable bonds is 4. The molecular formula is C56H36N4O. The Balaban J connectivity index is 1.12. The lowest BCUT2D eigenvalue weighted by molar-refractivity contribution is 0.660. The van der Waals surface area contributed by atoms with E-state index < -0.39 is 0 Å². The second-order valence-corrected chi connectivity index (χ2v) is 16.8. The normalized spacial score (nSPS) is 13.2. The molecule has 0 fully saturated rings. The fourth-order valence-corrected chi connectivity index (χ4v) is 10.0. The summed E-state index contributed by atoms with van der Waals surface area (Å²) in [6.45, 7) is 4.68. The molecule has 5 nitrogen and oxygen atoms in total. The molecule has 13 rings (SSSR count). The quantitative estimate of drug-likeness (QED) is 0.178. The molecule has 0 amide bonds. The molecule has 61 heavy (non-hydrogen) atoms. The third-order valence-corrected chi connectivity index (χ3v) is 13.0. The molecule has 1 aliphatic carbocycles. The number of benzene rings is 9. The predicted octanol–water partition coefficient (Wildman–Crippen LogP) is 14.5. The highest BCUT2D eigenvalue weighted by atomic mass is 16.3. The Morgan fingerprint density at radius 3 is 1.89 bits per heavy atom. The molecule has 286 valence electrons. The van der Waals surface area contributed by atoms with Gasteiger partial charge in [0.05, 0.1) is 11.0 Å². The monoisotopic (exact) mass is 780 g/mol. The first-order valence-corrected chi connectivity index (χ1v) is 20.8. The Bertz CT molecular complexity index is 3810. The number of para-hydroxylation sites is 2. The topological polar surface area (TPSA) is 56.7 Å². The van der Waals surface area contributed by atoms with Crippen molar-refractivity contribution in [3.8, 4) is 51.0 Å². The number of aromatic nitrogens is 4. The summed E-state index contributed by atoms with van der Waals surface area (Å²) in [6.07, 6.45) is 0. The van der Waals surface area contributed by atoms with E-state index in [1.54, 1.807) is 0 Å². The van der Waals surface area contributed by atoms with Gasteiger partial charge in [-0.15, -0.1) is 0 Å². The van der Waals surface area contributed by atoms with E-state index in [0.717, 1.165) is 87.5 Å². The molecule has 0 atom stereocenters. The molecule has 0 unspecified atom stereocenters. The summed E-state index contributed by atoms with van der Waals surface area (Å²) >= 11 is 0. The van der Waals surface area contributed by atoms with Crippen LogP contribution in [0.5, 0.6) is 0 Å². The summed E-state index contributed by atoms with van der Waals surface area (Å²) in [7, 11) is 0. The van der Waals surface area contributed by atoms with Crippen LogP contribution in [-0.4, -0.2) is 19.5 Å². The van der Waals surface area contributed by atoms with E-state index in [2.05, 4.69) is 182 Å². The lowest BCUT2D eigenvalue weighted by Gasteiger charge is -2.22. The van der Waals surface area contributed by atoms with Gasteiger partial charge in [-0.2, -0.15) is 9.97 Å². The van der Waals surface area contributed by atoms with Gasteiger partial charge in [-0.25, -0.2) is 4.98 Å². The SMILES string of the molecule is CC1(C)c2ccccc2-c2ccc(-c3cccc4c5ccc6ccccc6c5n(-c5nc(-c6ccc7ccccc7c6)nc(-c6ccc7c(c6)oc6ccccc67)n5)c34)cc21. The first kappa shape index (κ1) is 34.0.